The average Bonchev–Trinajstić information content (AvgIpc) is 2.53. The summed E-state index contributed by atoms with van der Waals surface area (Å²) in [4.78, 5) is 21.6. The second-order valence-electron chi connectivity index (χ2n) is 4.61. The molecular weight excluding hydrogens is 296 g/mol. The van der Waals surface area contributed by atoms with E-state index in [0.717, 1.165) is 12.8 Å². The Morgan fingerprint density at radius 1 is 1.52 bits per heavy atom. The van der Waals surface area contributed by atoms with E-state index in [-0.39, 0.29) is 18.1 Å². The van der Waals surface area contributed by atoms with E-state index in [2.05, 4.69) is 15.3 Å². The fraction of sp³-hybridized carbons (Fsp3) is 0.615. The Labute approximate surface area is 128 Å². The SMILES string of the molecule is COc1nccc(OC2CCN(C(=O)NCCCl)CC2)n1. The molecule has 1 aromatic heterocycles. The molecule has 116 valence electrons. The van der Waals surface area contributed by atoms with E-state index < -0.39 is 0 Å². The first-order valence-electron chi connectivity index (χ1n) is 6.85. The summed E-state index contributed by atoms with van der Waals surface area (Å²) in [6, 6.07) is 1.91. The van der Waals surface area contributed by atoms with Crippen LogP contribution >= 0.6 is 11.6 Å². The number of hydrogen-bond donors (Lipinski definition) is 1. The topological polar surface area (TPSA) is 76.6 Å². The van der Waals surface area contributed by atoms with Gasteiger partial charge in [-0.3, -0.25) is 0 Å². The van der Waals surface area contributed by atoms with Crippen LogP contribution in [-0.2, 0) is 0 Å². The molecule has 7 nitrogen and oxygen atoms in total. The number of methoxy groups -OCH3 is 1. The number of rotatable bonds is 5. The van der Waals surface area contributed by atoms with E-state index in [0.29, 0.717) is 31.4 Å². The maximum atomic E-state index is 11.8. The summed E-state index contributed by atoms with van der Waals surface area (Å²) in [5, 5.41) is 2.76. The molecule has 2 amide bonds. The van der Waals surface area contributed by atoms with Crippen LogP contribution in [0.3, 0.4) is 0 Å². The van der Waals surface area contributed by atoms with Crippen molar-refractivity contribution < 1.29 is 14.3 Å². The minimum Gasteiger partial charge on any atom is -0.474 e. The average molecular weight is 315 g/mol. The highest BCUT2D eigenvalue weighted by Crippen LogP contribution is 2.18. The van der Waals surface area contributed by atoms with E-state index >= 15 is 0 Å². The molecule has 2 heterocycles. The Morgan fingerprint density at radius 3 is 2.95 bits per heavy atom. The Bertz CT molecular complexity index is 466. The van der Waals surface area contributed by atoms with Crippen LogP contribution in [0.25, 0.3) is 0 Å². The zero-order chi connectivity index (χ0) is 15.1. The summed E-state index contributed by atoms with van der Waals surface area (Å²) in [5.74, 6) is 0.910. The summed E-state index contributed by atoms with van der Waals surface area (Å²) < 4.78 is 10.8. The van der Waals surface area contributed by atoms with Crippen LogP contribution in [0.5, 0.6) is 11.9 Å². The second-order valence-corrected chi connectivity index (χ2v) is 4.98. The fourth-order valence-electron chi connectivity index (χ4n) is 2.10. The van der Waals surface area contributed by atoms with E-state index in [1.165, 1.54) is 7.11 Å². The smallest absolute Gasteiger partial charge is 0.319 e. The molecule has 1 aliphatic rings. The van der Waals surface area contributed by atoms with Crippen LogP contribution in [0.15, 0.2) is 12.3 Å². The van der Waals surface area contributed by atoms with Gasteiger partial charge in [-0.1, -0.05) is 0 Å². The van der Waals surface area contributed by atoms with Gasteiger partial charge in [0.05, 0.1) is 7.11 Å². The molecule has 8 heteroatoms. The number of halogens is 1. The number of carbonyl (C=O) groups is 1. The first-order valence-corrected chi connectivity index (χ1v) is 7.39. The van der Waals surface area contributed by atoms with Crippen molar-refractivity contribution >= 4 is 17.6 Å². The molecule has 1 aromatic rings. The number of hydrogen-bond acceptors (Lipinski definition) is 5. The number of amides is 2. The number of likely N-dealkylation sites (tertiary alicyclic amines) is 1. The molecule has 0 aromatic carbocycles. The van der Waals surface area contributed by atoms with Gasteiger partial charge in [-0.15, -0.1) is 11.6 Å². The van der Waals surface area contributed by atoms with E-state index in [9.17, 15) is 4.79 Å². The van der Waals surface area contributed by atoms with Gasteiger partial charge in [0.25, 0.3) is 0 Å². The maximum Gasteiger partial charge on any atom is 0.319 e. The second kappa shape index (κ2) is 7.87. The standard InChI is InChI=1S/C13H19ClN4O3/c1-20-12-15-6-2-11(17-12)21-10-3-8-18(9-4-10)13(19)16-7-5-14/h2,6,10H,3-5,7-9H2,1H3,(H,16,19). The number of nitrogens with one attached hydrogen (secondary N) is 1. The largest absolute Gasteiger partial charge is 0.474 e. The first-order chi connectivity index (χ1) is 10.2. The van der Waals surface area contributed by atoms with Gasteiger partial charge in [-0.05, 0) is 0 Å². The molecule has 1 N–H and O–H groups in total. The van der Waals surface area contributed by atoms with Crippen LogP contribution < -0.4 is 14.8 Å². The Kier molecular flexibility index (Phi) is 5.86. The van der Waals surface area contributed by atoms with Crippen LogP contribution in [0, 0.1) is 0 Å². The highest BCUT2D eigenvalue weighted by molar-refractivity contribution is 6.18. The van der Waals surface area contributed by atoms with Gasteiger partial charge in [0.15, 0.2) is 0 Å². The third kappa shape index (κ3) is 4.63. The number of urea groups is 1. The molecule has 1 aliphatic heterocycles. The van der Waals surface area contributed by atoms with Crippen LogP contribution in [-0.4, -0.2) is 59.6 Å². The predicted octanol–water partition coefficient (Wildman–Crippen LogP) is 1.28. The van der Waals surface area contributed by atoms with E-state index in [1.54, 1.807) is 17.2 Å². The number of nitrogens with zero attached hydrogens (tertiary/aromatic N) is 3. The fourth-order valence-corrected chi connectivity index (χ4v) is 2.20. The lowest BCUT2D eigenvalue weighted by molar-refractivity contribution is 0.107. The molecule has 2 rings (SSSR count). The number of alkyl halides is 1. The lowest BCUT2D eigenvalue weighted by Crippen LogP contribution is -2.46. The van der Waals surface area contributed by atoms with Crippen molar-refractivity contribution in [1.29, 1.82) is 0 Å². The van der Waals surface area contributed by atoms with Crippen LogP contribution in [0.2, 0.25) is 0 Å². The summed E-state index contributed by atoms with van der Waals surface area (Å²) in [5.41, 5.74) is 0. The molecule has 0 bridgehead atoms. The van der Waals surface area contributed by atoms with Gasteiger partial charge < -0.3 is 19.7 Å². The van der Waals surface area contributed by atoms with Crippen molar-refractivity contribution in [2.45, 2.75) is 18.9 Å². The third-order valence-corrected chi connectivity index (χ3v) is 3.37. The highest BCUT2D eigenvalue weighted by atomic mass is 35.5. The minimum absolute atomic E-state index is 0.0432. The lowest BCUT2D eigenvalue weighted by atomic mass is 10.1. The summed E-state index contributed by atoms with van der Waals surface area (Å²) in [6.45, 7) is 1.79. The van der Waals surface area contributed by atoms with Gasteiger partial charge in [0.2, 0.25) is 5.88 Å². The summed E-state index contributed by atoms with van der Waals surface area (Å²) in [6.07, 6.45) is 3.17. The molecule has 0 aliphatic carbocycles. The quantitative estimate of drug-likeness (QED) is 0.828. The van der Waals surface area contributed by atoms with Crippen molar-refractivity contribution in [2.75, 3.05) is 32.6 Å². The number of ether oxygens (including phenoxy) is 2. The molecule has 1 saturated heterocycles. The highest BCUT2D eigenvalue weighted by Gasteiger charge is 2.24. The molecule has 0 unspecified atom stereocenters. The molecular formula is C13H19ClN4O3. The van der Waals surface area contributed by atoms with Crippen molar-refractivity contribution in [3.63, 3.8) is 0 Å². The van der Waals surface area contributed by atoms with Gasteiger partial charge >= 0.3 is 12.0 Å². The molecule has 21 heavy (non-hydrogen) atoms. The predicted molar refractivity (Wildman–Crippen MR) is 77.9 cm³/mol. The monoisotopic (exact) mass is 314 g/mol. The third-order valence-electron chi connectivity index (χ3n) is 3.18. The summed E-state index contributed by atoms with van der Waals surface area (Å²) in [7, 11) is 1.51. The van der Waals surface area contributed by atoms with Crippen molar-refractivity contribution in [1.82, 2.24) is 20.2 Å². The first kappa shape index (κ1) is 15.6. The van der Waals surface area contributed by atoms with Gasteiger partial charge in [-0.25, -0.2) is 9.78 Å². The molecule has 0 saturated carbocycles. The van der Waals surface area contributed by atoms with E-state index in [1.807, 2.05) is 0 Å². The van der Waals surface area contributed by atoms with E-state index in [4.69, 9.17) is 21.1 Å². The Hall–Kier alpha value is -1.76. The zero-order valence-corrected chi connectivity index (χ0v) is 12.7. The normalized spacial score (nSPS) is 15.6. The van der Waals surface area contributed by atoms with Crippen molar-refractivity contribution in [3.05, 3.63) is 12.3 Å². The van der Waals surface area contributed by atoms with Crippen molar-refractivity contribution in [3.8, 4) is 11.9 Å². The molecule has 0 atom stereocenters. The zero-order valence-electron chi connectivity index (χ0n) is 11.9. The van der Waals surface area contributed by atoms with Gasteiger partial charge in [0.1, 0.15) is 6.10 Å². The molecule has 0 radical (unpaired) electrons. The van der Waals surface area contributed by atoms with Crippen LogP contribution in [0.4, 0.5) is 4.79 Å². The molecule has 0 spiro atoms. The molecule has 1 fully saturated rings. The number of piperidine rings is 1. The van der Waals surface area contributed by atoms with Crippen LogP contribution in [0.1, 0.15) is 12.8 Å². The minimum atomic E-state index is -0.0715. The lowest BCUT2D eigenvalue weighted by Gasteiger charge is -2.31. The number of aromatic nitrogens is 2. The van der Waals surface area contributed by atoms with Gasteiger partial charge in [-0.2, -0.15) is 4.98 Å². The van der Waals surface area contributed by atoms with Gasteiger partial charge in [0, 0.05) is 50.6 Å². The Morgan fingerprint density at radius 2 is 2.29 bits per heavy atom. The number of carbonyl (C=O) groups excluding carboxylic acids is 1. The maximum absolute atomic E-state index is 11.8. The van der Waals surface area contributed by atoms with Crippen molar-refractivity contribution in [2.24, 2.45) is 0 Å². The Balaban J connectivity index is 1.79. The summed E-state index contributed by atoms with van der Waals surface area (Å²) >= 11 is 5.55.